The molecule has 0 aromatic rings. The first-order chi connectivity index (χ1) is 11.4. The largest absolute Gasteiger partial charge is 0.460 e. The van der Waals surface area contributed by atoms with E-state index in [1.165, 1.54) is 0 Å². The van der Waals surface area contributed by atoms with Gasteiger partial charge in [0.15, 0.2) is 0 Å². The molecule has 0 aromatic carbocycles. The molecule has 4 saturated heterocycles. The first kappa shape index (κ1) is 16.3. The Hall–Kier alpha value is -1.14. The maximum atomic E-state index is 12.1. The van der Waals surface area contributed by atoms with E-state index < -0.39 is 11.7 Å². The molecule has 4 rings (SSSR count). The standard InChI is InChI=1S/C18H27NO5/c1-10-7-14(23-16(10)21)13-3-4-15-18(8-11(2)17(22)24-18)6-5-12(20)9-19(13)15/h10-15,20H,3-9H2,1-2H3/t10-,11+,12+,13-,14-,15-,18-/m0/s1. The van der Waals surface area contributed by atoms with Gasteiger partial charge in [-0.05, 0) is 32.1 Å². The van der Waals surface area contributed by atoms with Crippen LogP contribution in [0.1, 0.15) is 52.4 Å². The Morgan fingerprint density at radius 1 is 1.12 bits per heavy atom. The van der Waals surface area contributed by atoms with Gasteiger partial charge in [-0.25, -0.2) is 0 Å². The van der Waals surface area contributed by atoms with E-state index in [4.69, 9.17) is 9.47 Å². The number of fused-ring (bicyclic) bond motifs is 2. The molecule has 4 aliphatic heterocycles. The molecule has 0 saturated carbocycles. The van der Waals surface area contributed by atoms with Gasteiger partial charge in [0, 0.05) is 19.0 Å². The van der Waals surface area contributed by atoms with E-state index in [2.05, 4.69) is 4.90 Å². The smallest absolute Gasteiger partial charge is 0.309 e. The van der Waals surface area contributed by atoms with E-state index >= 15 is 0 Å². The zero-order valence-corrected chi connectivity index (χ0v) is 14.4. The van der Waals surface area contributed by atoms with Crippen LogP contribution >= 0.6 is 0 Å². The van der Waals surface area contributed by atoms with Gasteiger partial charge in [-0.1, -0.05) is 13.8 Å². The molecule has 6 nitrogen and oxygen atoms in total. The van der Waals surface area contributed by atoms with Gasteiger partial charge in [0.1, 0.15) is 11.7 Å². The average Bonchev–Trinajstić information content (AvgIpc) is 3.14. The highest BCUT2D eigenvalue weighted by Crippen LogP contribution is 2.48. The van der Waals surface area contributed by atoms with Crippen molar-refractivity contribution in [2.75, 3.05) is 6.54 Å². The van der Waals surface area contributed by atoms with E-state index in [1.807, 2.05) is 13.8 Å². The van der Waals surface area contributed by atoms with Crippen molar-refractivity contribution >= 4 is 11.9 Å². The Bertz CT molecular complexity index is 552. The van der Waals surface area contributed by atoms with E-state index in [9.17, 15) is 14.7 Å². The predicted octanol–water partition coefficient (Wildman–Crippen LogP) is 1.25. The maximum Gasteiger partial charge on any atom is 0.309 e. The van der Waals surface area contributed by atoms with Gasteiger partial charge >= 0.3 is 11.9 Å². The molecule has 1 spiro atoms. The van der Waals surface area contributed by atoms with Crippen molar-refractivity contribution in [3.63, 3.8) is 0 Å². The number of nitrogens with zero attached hydrogens (tertiary/aromatic N) is 1. The summed E-state index contributed by atoms with van der Waals surface area (Å²) in [6.07, 6.45) is 4.18. The van der Waals surface area contributed by atoms with Crippen LogP contribution in [0.3, 0.4) is 0 Å². The fraction of sp³-hybridized carbons (Fsp3) is 0.889. The summed E-state index contributed by atoms with van der Waals surface area (Å²) >= 11 is 0. The summed E-state index contributed by atoms with van der Waals surface area (Å²) in [5.41, 5.74) is -0.475. The minimum Gasteiger partial charge on any atom is -0.460 e. The van der Waals surface area contributed by atoms with Gasteiger partial charge in [-0.15, -0.1) is 0 Å². The summed E-state index contributed by atoms with van der Waals surface area (Å²) in [6, 6.07) is 0.256. The van der Waals surface area contributed by atoms with E-state index in [0.717, 1.165) is 32.1 Å². The van der Waals surface area contributed by atoms with Crippen LogP contribution in [-0.4, -0.2) is 58.4 Å². The monoisotopic (exact) mass is 337 g/mol. The normalized spacial score (nSPS) is 49.1. The number of rotatable bonds is 1. The van der Waals surface area contributed by atoms with Crippen LogP contribution in [0, 0.1) is 11.8 Å². The van der Waals surface area contributed by atoms with Crippen molar-refractivity contribution in [1.29, 1.82) is 0 Å². The Kier molecular flexibility index (Phi) is 3.88. The summed E-state index contributed by atoms with van der Waals surface area (Å²) < 4.78 is 11.5. The quantitative estimate of drug-likeness (QED) is 0.726. The summed E-state index contributed by atoms with van der Waals surface area (Å²) in [5.74, 6) is -0.361. The van der Waals surface area contributed by atoms with Crippen LogP contribution in [-0.2, 0) is 19.1 Å². The lowest BCUT2D eigenvalue weighted by molar-refractivity contribution is -0.156. The highest BCUT2D eigenvalue weighted by molar-refractivity contribution is 5.75. The van der Waals surface area contributed by atoms with Crippen molar-refractivity contribution in [2.24, 2.45) is 11.8 Å². The van der Waals surface area contributed by atoms with Crippen molar-refractivity contribution in [3.8, 4) is 0 Å². The number of ether oxygens (including phenoxy) is 2. The number of hydrogen-bond acceptors (Lipinski definition) is 6. The van der Waals surface area contributed by atoms with Crippen LogP contribution < -0.4 is 0 Å². The molecule has 4 aliphatic rings. The number of aliphatic hydroxyl groups is 1. The molecule has 4 fully saturated rings. The van der Waals surface area contributed by atoms with E-state index in [-0.39, 0.29) is 42.0 Å². The van der Waals surface area contributed by atoms with Crippen LogP contribution in [0.2, 0.25) is 0 Å². The first-order valence-electron chi connectivity index (χ1n) is 9.27. The minimum atomic E-state index is -0.475. The number of aliphatic hydroxyl groups excluding tert-OH is 1. The number of carbonyl (C=O) groups excluding carboxylic acids is 2. The molecule has 0 aromatic heterocycles. The molecule has 0 amide bonds. The predicted molar refractivity (Wildman–Crippen MR) is 85.0 cm³/mol. The van der Waals surface area contributed by atoms with Crippen LogP contribution in [0.25, 0.3) is 0 Å². The molecule has 0 radical (unpaired) electrons. The van der Waals surface area contributed by atoms with Gasteiger partial charge < -0.3 is 14.6 Å². The number of hydrogen-bond donors (Lipinski definition) is 1. The second-order valence-electron chi connectivity index (χ2n) is 8.25. The minimum absolute atomic E-state index is 0.0516. The summed E-state index contributed by atoms with van der Waals surface area (Å²) in [5, 5.41) is 10.4. The number of esters is 2. The molecular formula is C18H27NO5. The lowest BCUT2D eigenvalue weighted by Gasteiger charge is -2.39. The molecule has 6 heteroatoms. The molecule has 0 aliphatic carbocycles. The first-order valence-corrected chi connectivity index (χ1v) is 9.27. The molecule has 0 bridgehead atoms. The second kappa shape index (κ2) is 5.70. The van der Waals surface area contributed by atoms with Gasteiger partial charge in [-0.2, -0.15) is 0 Å². The van der Waals surface area contributed by atoms with Crippen molar-refractivity contribution in [2.45, 2.75) is 82.3 Å². The molecule has 0 unspecified atom stereocenters. The lowest BCUT2D eigenvalue weighted by Crippen LogP contribution is -2.53. The average molecular weight is 337 g/mol. The third kappa shape index (κ3) is 2.46. The SMILES string of the molecule is C[C@@H]1C[C@]2(CC[C@@H](O)CN3[C@H]2CC[C@H]3[C@@H]2C[C@H](C)C(=O)O2)OC1=O. The Labute approximate surface area is 142 Å². The fourth-order valence-electron chi connectivity index (χ4n) is 5.33. The Morgan fingerprint density at radius 2 is 1.92 bits per heavy atom. The fourth-order valence-corrected chi connectivity index (χ4v) is 5.33. The lowest BCUT2D eigenvalue weighted by atomic mass is 9.83. The summed E-state index contributed by atoms with van der Waals surface area (Å²) in [7, 11) is 0. The van der Waals surface area contributed by atoms with Crippen molar-refractivity contribution in [3.05, 3.63) is 0 Å². The molecule has 24 heavy (non-hydrogen) atoms. The molecule has 7 atom stereocenters. The Morgan fingerprint density at radius 3 is 2.54 bits per heavy atom. The summed E-state index contributed by atoms with van der Waals surface area (Å²) in [6.45, 7) is 4.41. The third-order valence-electron chi connectivity index (χ3n) is 6.53. The van der Waals surface area contributed by atoms with E-state index in [1.54, 1.807) is 0 Å². The van der Waals surface area contributed by atoms with Crippen LogP contribution in [0.4, 0.5) is 0 Å². The molecule has 4 heterocycles. The Balaban J connectivity index is 1.60. The maximum absolute atomic E-state index is 12.1. The van der Waals surface area contributed by atoms with E-state index in [0.29, 0.717) is 13.0 Å². The highest BCUT2D eigenvalue weighted by Gasteiger charge is 2.58. The second-order valence-corrected chi connectivity index (χ2v) is 8.25. The number of cyclic esters (lactones) is 1. The van der Waals surface area contributed by atoms with Gasteiger partial charge in [0.25, 0.3) is 0 Å². The van der Waals surface area contributed by atoms with Crippen molar-refractivity contribution < 1.29 is 24.2 Å². The van der Waals surface area contributed by atoms with Crippen LogP contribution in [0.15, 0.2) is 0 Å². The number of carbonyl (C=O) groups is 2. The molecule has 1 N–H and O–H groups in total. The van der Waals surface area contributed by atoms with Crippen LogP contribution in [0.5, 0.6) is 0 Å². The van der Waals surface area contributed by atoms with Crippen molar-refractivity contribution in [1.82, 2.24) is 4.90 Å². The topological polar surface area (TPSA) is 76.1 Å². The highest BCUT2D eigenvalue weighted by atomic mass is 16.6. The van der Waals surface area contributed by atoms with Gasteiger partial charge in [0.2, 0.25) is 0 Å². The molecule has 134 valence electrons. The zero-order chi connectivity index (χ0) is 17.1. The van der Waals surface area contributed by atoms with Gasteiger partial charge in [0.05, 0.1) is 24.0 Å². The third-order valence-corrected chi connectivity index (χ3v) is 6.53. The van der Waals surface area contributed by atoms with Gasteiger partial charge in [-0.3, -0.25) is 14.5 Å². The zero-order valence-electron chi connectivity index (χ0n) is 14.4. The summed E-state index contributed by atoms with van der Waals surface area (Å²) in [4.78, 5) is 26.2. The molecular weight excluding hydrogens is 310 g/mol.